The lowest BCUT2D eigenvalue weighted by Gasteiger charge is -2.38. The molecule has 0 bridgehead atoms. The van der Waals surface area contributed by atoms with E-state index in [4.69, 9.17) is 5.73 Å². The lowest BCUT2D eigenvalue weighted by molar-refractivity contribution is -0.0514. The molecule has 1 aromatic heterocycles. The quantitative estimate of drug-likeness (QED) is 0.915. The highest BCUT2D eigenvalue weighted by Gasteiger charge is 2.44. The van der Waals surface area contributed by atoms with E-state index in [1.807, 2.05) is 16.9 Å². The van der Waals surface area contributed by atoms with Gasteiger partial charge in [-0.25, -0.2) is 8.78 Å². The minimum atomic E-state index is -2.53. The Morgan fingerprint density at radius 2 is 1.95 bits per heavy atom. The van der Waals surface area contributed by atoms with E-state index in [1.54, 1.807) is 0 Å². The summed E-state index contributed by atoms with van der Waals surface area (Å²) in [7, 11) is 0. The molecule has 3 nitrogen and oxygen atoms in total. The second-order valence-electron chi connectivity index (χ2n) is 6.16. The maximum atomic E-state index is 13.3. The van der Waals surface area contributed by atoms with Gasteiger partial charge in [-0.15, -0.1) is 0 Å². The van der Waals surface area contributed by atoms with Gasteiger partial charge in [0.15, 0.2) is 0 Å². The van der Waals surface area contributed by atoms with Crippen LogP contribution in [0.3, 0.4) is 0 Å². The number of hydrogen-bond acceptors (Lipinski definition) is 2. The molecule has 0 atom stereocenters. The number of aromatic nitrogens is 2. The second-order valence-corrected chi connectivity index (χ2v) is 6.16. The van der Waals surface area contributed by atoms with E-state index in [1.165, 1.54) is 0 Å². The van der Waals surface area contributed by atoms with Gasteiger partial charge in [0.25, 0.3) is 0 Å². The van der Waals surface area contributed by atoms with Crippen LogP contribution in [-0.2, 0) is 12.0 Å². The lowest BCUT2D eigenvalue weighted by Crippen LogP contribution is -2.42. The molecule has 0 spiro atoms. The van der Waals surface area contributed by atoms with Gasteiger partial charge in [0.05, 0.1) is 5.69 Å². The highest BCUT2D eigenvalue weighted by Crippen LogP contribution is 2.44. The van der Waals surface area contributed by atoms with Gasteiger partial charge >= 0.3 is 0 Å². The van der Waals surface area contributed by atoms with Crippen molar-refractivity contribution in [2.75, 3.05) is 6.54 Å². The predicted octanol–water partition coefficient (Wildman–Crippen LogP) is 2.94. The van der Waals surface area contributed by atoms with Gasteiger partial charge in [0.1, 0.15) is 0 Å². The smallest absolute Gasteiger partial charge is 0.248 e. The fourth-order valence-corrected chi connectivity index (χ4v) is 2.78. The van der Waals surface area contributed by atoms with Crippen LogP contribution in [0.5, 0.6) is 0 Å². The van der Waals surface area contributed by atoms with Crippen molar-refractivity contribution < 1.29 is 8.78 Å². The first-order valence-electron chi connectivity index (χ1n) is 6.99. The van der Waals surface area contributed by atoms with Crippen LogP contribution < -0.4 is 5.73 Å². The van der Waals surface area contributed by atoms with Gasteiger partial charge in [0.2, 0.25) is 5.92 Å². The van der Waals surface area contributed by atoms with Crippen LogP contribution in [0, 0.1) is 5.92 Å². The Balaban J connectivity index is 2.16. The van der Waals surface area contributed by atoms with E-state index in [0.717, 1.165) is 12.2 Å². The molecule has 1 heterocycles. The summed E-state index contributed by atoms with van der Waals surface area (Å²) in [6.45, 7) is 5.49. The molecule has 1 aliphatic rings. The van der Waals surface area contributed by atoms with Crippen LogP contribution in [0.25, 0.3) is 0 Å². The Labute approximate surface area is 113 Å². The first-order valence-corrected chi connectivity index (χ1v) is 6.99. The monoisotopic (exact) mass is 271 g/mol. The third-order valence-corrected chi connectivity index (χ3v) is 4.07. The summed E-state index contributed by atoms with van der Waals surface area (Å²) in [5.41, 5.74) is 6.40. The molecular formula is C14H23F2N3. The number of alkyl halides is 2. The van der Waals surface area contributed by atoms with Gasteiger partial charge in [0, 0.05) is 37.5 Å². The van der Waals surface area contributed by atoms with Crippen LogP contribution in [0.4, 0.5) is 8.78 Å². The summed E-state index contributed by atoms with van der Waals surface area (Å²) in [5, 5.41) is 4.56. The Morgan fingerprint density at radius 3 is 2.47 bits per heavy atom. The van der Waals surface area contributed by atoms with Gasteiger partial charge in [-0.2, -0.15) is 5.10 Å². The van der Waals surface area contributed by atoms with Gasteiger partial charge in [-0.05, 0) is 24.8 Å². The number of nitrogens with zero attached hydrogens (tertiary/aromatic N) is 2. The molecular weight excluding hydrogens is 248 g/mol. The average Bonchev–Trinajstić information content (AvgIpc) is 2.78. The molecule has 5 heteroatoms. The van der Waals surface area contributed by atoms with E-state index in [9.17, 15) is 8.78 Å². The topological polar surface area (TPSA) is 43.8 Å². The molecule has 2 N–H and O–H groups in total. The largest absolute Gasteiger partial charge is 0.330 e. The molecule has 1 aliphatic carbocycles. The highest BCUT2D eigenvalue weighted by atomic mass is 19.3. The number of nitrogens with two attached hydrogens (primary N) is 1. The van der Waals surface area contributed by atoms with Crippen LogP contribution >= 0.6 is 0 Å². The normalized spacial score (nSPS) is 21.8. The summed E-state index contributed by atoms with van der Waals surface area (Å²) < 4.78 is 28.5. The van der Waals surface area contributed by atoms with Gasteiger partial charge in [-0.1, -0.05) is 13.8 Å². The van der Waals surface area contributed by atoms with E-state index in [-0.39, 0.29) is 18.3 Å². The van der Waals surface area contributed by atoms with Crippen molar-refractivity contribution in [3.8, 4) is 0 Å². The second kappa shape index (κ2) is 5.19. The molecule has 0 aromatic carbocycles. The summed E-state index contributed by atoms with van der Waals surface area (Å²) in [5.74, 6) is -2.02. The molecule has 0 radical (unpaired) electrons. The summed E-state index contributed by atoms with van der Waals surface area (Å²) in [6, 6.07) is 1.94. The molecule has 0 amide bonds. The maximum Gasteiger partial charge on any atom is 0.248 e. The van der Waals surface area contributed by atoms with Crippen LogP contribution in [0.1, 0.15) is 45.2 Å². The molecule has 2 rings (SSSR count). The van der Waals surface area contributed by atoms with Crippen molar-refractivity contribution in [3.05, 3.63) is 18.0 Å². The van der Waals surface area contributed by atoms with Gasteiger partial charge in [-0.3, -0.25) is 4.68 Å². The first-order chi connectivity index (χ1) is 8.87. The van der Waals surface area contributed by atoms with Crippen molar-refractivity contribution >= 4 is 0 Å². The molecule has 0 aliphatic heterocycles. The Kier molecular flexibility index (Phi) is 3.95. The van der Waals surface area contributed by atoms with E-state index in [2.05, 4.69) is 18.9 Å². The summed E-state index contributed by atoms with van der Waals surface area (Å²) >= 11 is 0. The van der Waals surface area contributed by atoms with Crippen molar-refractivity contribution in [3.63, 3.8) is 0 Å². The molecule has 0 saturated heterocycles. The zero-order valence-electron chi connectivity index (χ0n) is 11.7. The van der Waals surface area contributed by atoms with Crippen molar-refractivity contribution in [1.82, 2.24) is 9.78 Å². The zero-order valence-corrected chi connectivity index (χ0v) is 11.7. The number of halogens is 2. The van der Waals surface area contributed by atoms with Crippen molar-refractivity contribution in [1.29, 1.82) is 0 Å². The minimum Gasteiger partial charge on any atom is -0.330 e. The fourth-order valence-electron chi connectivity index (χ4n) is 2.78. The van der Waals surface area contributed by atoms with Crippen LogP contribution in [0.15, 0.2) is 12.3 Å². The Bertz CT molecular complexity index is 416. The first kappa shape index (κ1) is 14.4. The Hall–Kier alpha value is -0.970. The molecule has 1 fully saturated rings. The van der Waals surface area contributed by atoms with Crippen LogP contribution in [-0.4, -0.2) is 22.2 Å². The SMILES string of the molecule is CC(C)Cn1ccc(C2(CN)CCC(F)(F)CC2)n1. The minimum absolute atomic E-state index is 0.0821. The maximum absolute atomic E-state index is 13.3. The lowest BCUT2D eigenvalue weighted by atomic mass is 9.71. The highest BCUT2D eigenvalue weighted by molar-refractivity contribution is 5.18. The third-order valence-electron chi connectivity index (χ3n) is 4.07. The predicted molar refractivity (Wildman–Crippen MR) is 71.2 cm³/mol. The van der Waals surface area contributed by atoms with E-state index < -0.39 is 5.92 Å². The molecule has 0 unspecified atom stereocenters. The number of hydrogen-bond donors (Lipinski definition) is 1. The van der Waals surface area contributed by atoms with E-state index >= 15 is 0 Å². The standard InChI is InChI=1S/C14H23F2N3/c1-11(2)9-19-8-3-12(18-19)13(10-17)4-6-14(15,16)7-5-13/h3,8,11H,4-7,9-10,17H2,1-2H3. The summed E-state index contributed by atoms with van der Waals surface area (Å²) in [4.78, 5) is 0. The third kappa shape index (κ3) is 3.14. The van der Waals surface area contributed by atoms with E-state index in [0.29, 0.717) is 25.3 Å². The van der Waals surface area contributed by atoms with Crippen LogP contribution in [0.2, 0.25) is 0 Å². The number of rotatable bonds is 4. The zero-order chi connectivity index (χ0) is 14.1. The average molecular weight is 271 g/mol. The molecule has 19 heavy (non-hydrogen) atoms. The van der Waals surface area contributed by atoms with Gasteiger partial charge < -0.3 is 5.73 Å². The fraction of sp³-hybridized carbons (Fsp3) is 0.786. The molecule has 1 aromatic rings. The molecule has 1 saturated carbocycles. The Morgan fingerprint density at radius 1 is 1.32 bits per heavy atom. The van der Waals surface area contributed by atoms with Crippen molar-refractivity contribution in [2.24, 2.45) is 11.7 Å². The molecule has 108 valence electrons. The summed E-state index contributed by atoms with van der Waals surface area (Å²) in [6.07, 6.45) is 2.62. The van der Waals surface area contributed by atoms with Crippen molar-refractivity contribution in [2.45, 2.75) is 57.4 Å².